The van der Waals surface area contributed by atoms with Crippen molar-refractivity contribution in [3.63, 3.8) is 0 Å². The average Bonchev–Trinajstić information content (AvgIpc) is 2.60. The van der Waals surface area contributed by atoms with Gasteiger partial charge in [-0.05, 0) is 36.4 Å². The molecule has 0 aliphatic heterocycles. The minimum Gasteiger partial charge on any atom is -0.391 e. The van der Waals surface area contributed by atoms with Crippen molar-refractivity contribution in [2.45, 2.75) is 9.79 Å². The van der Waals surface area contributed by atoms with Gasteiger partial charge in [-0.3, -0.25) is 0 Å². The molecule has 0 fully saturated rings. The fourth-order valence-corrected chi connectivity index (χ4v) is 4.14. The molecule has 0 aliphatic carbocycles. The Bertz CT molecular complexity index is 943. The number of allylic oxidation sites excluding steroid dienone is 2. The second-order valence-electron chi connectivity index (χ2n) is 4.79. The highest BCUT2D eigenvalue weighted by molar-refractivity contribution is 7.95. The first-order chi connectivity index (χ1) is 11.4. The zero-order valence-corrected chi connectivity index (χ0v) is 14.2. The fourth-order valence-electron chi connectivity index (χ4n) is 1.92. The third-order valence-corrected chi connectivity index (χ3v) is 6.46. The summed E-state index contributed by atoms with van der Waals surface area (Å²) in [6, 6.07) is 15.4. The average molecular weight is 364 g/mol. The SMILES string of the molecule is O=S(=O)(/C=C/C=C(\CO)S(=O)(=O)c1ccccc1)c1ccccc1. The number of aliphatic hydroxyl groups is 1. The maximum atomic E-state index is 12.4. The van der Waals surface area contributed by atoms with E-state index >= 15 is 0 Å². The molecule has 0 aliphatic rings. The predicted molar refractivity (Wildman–Crippen MR) is 91.6 cm³/mol. The van der Waals surface area contributed by atoms with E-state index in [4.69, 9.17) is 0 Å². The highest BCUT2D eigenvalue weighted by Gasteiger charge is 2.19. The lowest BCUT2D eigenvalue weighted by Crippen LogP contribution is -2.08. The summed E-state index contributed by atoms with van der Waals surface area (Å²) < 4.78 is 48.9. The summed E-state index contributed by atoms with van der Waals surface area (Å²) in [6.07, 6.45) is 2.19. The van der Waals surface area contributed by atoms with Crippen LogP contribution in [0.3, 0.4) is 0 Å². The third kappa shape index (κ3) is 4.19. The molecule has 24 heavy (non-hydrogen) atoms. The molecule has 0 bridgehead atoms. The second kappa shape index (κ2) is 7.57. The molecule has 1 N–H and O–H groups in total. The number of benzene rings is 2. The number of hydrogen-bond acceptors (Lipinski definition) is 5. The Morgan fingerprint density at radius 2 is 1.33 bits per heavy atom. The quantitative estimate of drug-likeness (QED) is 0.795. The van der Waals surface area contributed by atoms with Gasteiger partial charge < -0.3 is 5.11 Å². The van der Waals surface area contributed by atoms with Gasteiger partial charge in [-0.15, -0.1) is 0 Å². The Hall–Kier alpha value is -2.22. The molecule has 2 aromatic carbocycles. The van der Waals surface area contributed by atoms with E-state index in [9.17, 15) is 21.9 Å². The summed E-state index contributed by atoms with van der Waals surface area (Å²) in [5.74, 6) is 0. The largest absolute Gasteiger partial charge is 0.391 e. The molecule has 0 atom stereocenters. The standard InChI is InChI=1S/C17H16O5S2/c18-14-17(24(21,22)16-10-5-2-6-11-16)12-7-13-23(19,20)15-8-3-1-4-9-15/h1-13,18H,14H2/b13-7+,17-12+. The van der Waals surface area contributed by atoms with Crippen LogP contribution in [0.1, 0.15) is 0 Å². The predicted octanol–water partition coefficient (Wildman–Crippen LogP) is 2.32. The van der Waals surface area contributed by atoms with E-state index < -0.39 is 26.3 Å². The van der Waals surface area contributed by atoms with Gasteiger partial charge in [0.25, 0.3) is 0 Å². The highest BCUT2D eigenvalue weighted by Crippen LogP contribution is 2.19. The first-order valence-electron chi connectivity index (χ1n) is 6.96. The van der Waals surface area contributed by atoms with Crippen molar-refractivity contribution in [1.82, 2.24) is 0 Å². The molecule has 5 nitrogen and oxygen atoms in total. The molecule has 126 valence electrons. The van der Waals surface area contributed by atoms with Crippen molar-refractivity contribution >= 4 is 19.7 Å². The van der Waals surface area contributed by atoms with Gasteiger partial charge in [0.15, 0.2) is 9.84 Å². The molecule has 0 spiro atoms. The van der Waals surface area contributed by atoms with Crippen molar-refractivity contribution in [2.24, 2.45) is 0 Å². The van der Waals surface area contributed by atoms with E-state index in [0.717, 1.165) is 17.6 Å². The number of rotatable bonds is 6. The van der Waals surface area contributed by atoms with E-state index in [-0.39, 0.29) is 14.7 Å². The monoisotopic (exact) mass is 364 g/mol. The lowest BCUT2D eigenvalue weighted by molar-refractivity contribution is 0.337. The van der Waals surface area contributed by atoms with Crippen LogP contribution in [-0.4, -0.2) is 28.5 Å². The van der Waals surface area contributed by atoms with Crippen molar-refractivity contribution in [1.29, 1.82) is 0 Å². The molecule has 0 saturated heterocycles. The van der Waals surface area contributed by atoms with Gasteiger partial charge in [0.05, 0.1) is 21.3 Å². The highest BCUT2D eigenvalue weighted by atomic mass is 32.2. The summed E-state index contributed by atoms with van der Waals surface area (Å²) in [5.41, 5.74) is 0. The van der Waals surface area contributed by atoms with Gasteiger partial charge in [-0.2, -0.15) is 0 Å². The van der Waals surface area contributed by atoms with Crippen LogP contribution in [-0.2, 0) is 19.7 Å². The summed E-state index contributed by atoms with van der Waals surface area (Å²) in [5, 5.41) is 10.2. The van der Waals surface area contributed by atoms with Crippen LogP contribution in [0.15, 0.2) is 92.9 Å². The van der Waals surface area contributed by atoms with Crippen LogP contribution in [0.2, 0.25) is 0 Å². The molecule has 0 amide bonds. The van der Waals surface area contributed by atoms with Gasteiger partial charge in [-0.1, -0.05) is 36.4 Å². The molecule has 7 heteroatoms. The van der Waals surface area contributed by atoms with E-state index in [1.165, 1.54) is 24.3 Å². The van der Waals surface area contributed by atoms with Gasteiger partial charge >= 0.3 is 0 Å². The maximum absolute atomic E-state index is 12.4. The van der Waals surface area contributed by atoms with Crippen molar-refractivity contribution < 1.29 is 21.9 Å². The molecule has 0 radical (unpaired) electrons. The molecular weight excluding hydrogens is 348 g/mol. The van der Waals surface area contributed by atoms with E-state index in [0.29, 0.717) is 0 Å². The zero-order valence-electron chi connectivity index (χ0n) is 12.6. The smallest absolute Gasteiger partial charge is 0.205 e. The summed E-state index contributed by atoms with van der Waals surface area (Å²) in [7, 11) is -7.54. The van der Waals surface area contributed by atoms with Gasteiger partial charge in [0.1, 0.15) is 0 Å². The van der Waals surface area contributed by atoms with Crippen molar-refractivity contribution in [3.05, 3.63) is 83.1 Å². The molecule has 0 heterocycles. The van der Waals surface area contributed by atoms with Gasteiger partial charge in [-0.25, -0.2) is 16.8 Å². The van der Waals surface area contributed by atoms with Gasteiger partial charge in [0.2, 0.25) is 9.84 Å². The molecule has 0 unspecified atom stereocenters. The molecule has 0 saturated carbocycles. The zero-order chi connectivity index (χ0) is 17.6. The van der Waals surface area contributed by atoms with E-state index in [2.05, 4.69) is 0 Å². The normalized spacial score (nSPS) is 13.3. The van der Waals surface area contributed by atoms with E-state index in [1.54, 1.807) is 36.4 Å². The van der Waals surface area contributed by atoms with Crippen molar-refractivity contribution in [3.8, 4) is 0 Å². The minimum atomic E-state index is -3.87. The topological polar surface area (TPSA) is 88.5 Å². The van der Waals surface area contributed by atoms with Crippen molar-refractivity contribution in [2.75, 3.05) is 6.61 Å². The summed E-state index contributed by atoms with van der Waals surface area (Å²) in [6.45, 7) is -0.729. The summed E-state index contributed by atoms with van der Waals surface area (Å²) >= 11 is 0. The lowest BCUT2D eigenvalue weighted by atomic mass is 10.4. The fraction of sp³-hybridized carbons (Fsp3) is 0.0588. The number of hydrogen-bond donors (Lipinski definition) is 1. The molecule has 2 rings (SSSR count). The van der Waals surface area contributed by atoms with Gasteiger partial charge in [0, 0.05) is 5.41 Å². The Labute approximate surface area is 141 Å². The molecule has 0 aromatic heterocycles. The third-order valence-electron chi connectivity index (χ3n) is 3.17. The van der Waals surface area contributed by atoms with Crippen LogP contribution in [0, 0.1) is 0 Å². The first kappa shape index (κ1) is 18.1. The molecular formula is C17H16O5S2. The Balaban J connectivity index is 2.32. The molecule has 2 aromatic rings. The van der Waals surface area contributed by atoms with Crippen LogP contribution < -0.4 is 0 Å². The second-order valence-corrected chi connectivity index (χ2v) is 8.63. The van der Waals surface area contributed by atoms with Crippen LogP contribution >= 0.6 is 0 Å². The number of sulfone groups is 2. The Kier molecular flexibility index (Phi) is 5.71. The minimum absolute atomic E-state index is 0.0321. The Morgan fingerprint density at radius 3 is 1.83 bits per heavy atom. The van der Waals surface area contributed by atoms with Crippen LogP contribution in [0.25, 0.3) is 0 Å². The first-order valence-corrected chi connectivity index (χ1v) is 9.99. The summed E-state index contributed by atoms with van der Waals surface area (Å²) in [4.78, 5) is -0.149. The van der Waals surface area contributed by atoms with Crippen LogP contribution in [0.5, 0.6) is 0 Å². The lowest BCUT2D eigenvalue weighted by Gasteiger charge is -2.05. The maximum Gasteiger partial charge on any atom is 0.205 e. The Morgan fingerprint density at radius 1 is 0.833 bits per heavy atom. The number of aliphatic hydroxyl groups excluding tert-OH is 1. The van der Waals surface area contributed by atoms with Crippen LogP contribution in [0.4, 0.5) is 0 Å². The van der Waals surface area contributed by atoms with E-state index in [1.807, 2.05) is 0 Å².